The predicted octanol–water partition coefficient (Wildman–Crippen LogP) is 3.60. The van der Waals surface area contributed by atoms with Gasteiger partial charge in [0.25, 0.3) is 5.56 Å². The van der Waals surface area contributed by atoms with E-state index < -0.39 is 0 Å². The average Bonchev–Trinajstić information content (AvgIpc) is 3.35. The number of rotatable bonds is 6. The van der Waals surface area contributed by atoms with E-state index in [0.717, 1.165) is 26.5 Å². The summed E-state index contributed by atoms with van der Waals surface area (Å²) in [5.74, 6) is 0.462. The SMILES string of the molecule is Cc1sc2nc(CCC(=O)NC(C)c3ccc(-n4ccnc4)cc3)[nH]c(=O)c2c1C. The lowest BCUT2D eigenvalue weighted by atomic mass is 10.1. The number of carbonyl (C=O) groups excluding carboxylic acids is 1. The number of amides is 1. The summed E-state index contributed by atoms with van der Waals surface area (Å²) in [5.41, 5.74) is 2.87. The van der Waals surface area contributed by atoms with Crippen molar-refractivity contribution in [3.8, 4) is 5.69 Å². The van der Waals surface area contributed by atoms with Crippen LogP contribution in [-0.2, 0) is 11.2 Å². The number of fused-ring (bicyclic) bond motifs is 1. The molecule has 2 N–H and O–H groups in total. The lowest BCUT2D eigenvalue weighted by Crippen LogP contribution is -2.27. The molecule has 30 heavy (non-hydrogen) atoms. The number of thiophene rings is 1. The highest BCUT2D eigenvalue weighted by Crippen LogP contribution is 2.25. The molecular formula is C22H23N5O2S. The number of hydrogen-bond donors (Lipinski definition) is 2. The first-order chi connectivity index (χ1) is 14.4. The molecule has 8 heteroatoms. The van der Waals surface area contributed by atoms with Crippen LogP contribution in [0.4, 0.5) is 0 Å². The van der Waals surface area contributed by atoms with Crippen molar-refractivity contribution in [1.82, 2.24) is 24.8 Å². The molecule has 4 aromatic rings. The van der Waals surface area contributed by atoms with Crippen molar-refractivity contribution >= 4 is 27.5 Å². The van der Waals surface area contributed by atoms with Crippen molar-refractivity contribution in [3.63, 3.8) is 0 Å². The first kappa shape index (κ1) is 20.0. The molecule has 1 amide bonds. The average molecular weight is 422 g/mol. The number of imidazole rings is 1. The molecule has 0 fully saturated rings. The quantitative estimate of drug-likeness (QED) is 0.498. The van der Waals surface area contributed by atoms with Crippen molar-refractivity contribution in [2.24, 2.45) is 0 Å². The number of H-pyrrole nitrogens is 1. The van der Waals surface area contributed by atoms with E-state index in [1.807, 2.05) is 55.8 Å². The van der Waals surface area contributed by atoms with E-state index >= 15 is 0 Å². The van der Waals surface area contributed by atoms with Crippen molar-refractivity contribution in [1.29, 1.82) is 0 Å². The summed E-state index contributed by atoms with van der Waals surface area (Å²) in [7, 11) is 0. The van der Waals surface area contributed by atoms with Gasteiger partial charge in [0.2, 0.25) is 5.91 Å². The molecule has 0 aliphatic heterocycles. The van der Waals surface area contributed by atoms with E-state index in [1.165, 1.54) is 11.3 Å². The van der Waals surface area contributed by atoms with Crippen LogP contribution in [0.25, 0.3) is 15.9 Å². The van der Waals surface area contributed by atoms with Crippen LogP contribution in [-0.4, -0.2) is 25.4 Å². The van der Waals surface area contributed by atoms with E-state index in [4.69, 9.17) is 0 Å². The fraction of sp³-hybridized carbons (Fsp3) is 0.273. The molecule has 1 aromatic carbocycles. The molecule has 3 heterocycles. The molecule has 0 bridgehead atoms. The van der Waals surface area contributed by atoms with Gasteiger partial charge in [-0.25, -0.2) is 9.97 Å². The number of aromatic amines is 1. The van der Waals surface area contributed by atoms with E-state index in [0.29, 0.717) is 17.6 Å². The third kappa shape index (κ3) is 4.04. The second-order valence-corrected chi connectivity index (χ2v) is 8.53. The fourth-order valence-corrected chi connectivity index (χ4v) is 4.44. The highest BCUT2D eigenvalue weighted by atomic mass is 32.1. The maximum Gasteiger partial charge on any atom is 0.259 e. The summed E-state index contributed by atoms with van der Waals surface area (Å²) in [6.45, 7) is 5.87. The van der Waals surface area contributed by atoms with Crippen LogP contribution in [0.15, 0.2) is 47.8 Å². The predicted molar refractivity (Wildman–Crippen MR) is 118 cm³/mol. The van der Waals surface area contributed by atoms with Crippen LogP contribution in [0.5, 0.6) is 0 Å². The van der Waals surface area contributed by atoms with Gasteiger partial charge in [-0.15, -0.1) is 11.3 Å². The third-order valence-electron chi connectivity index (χ3n) is 5.25. The van der Waals surface area contributed by atoms with Crippen molar-refractivity contribution in [2.75, 3.05) is 0 Å². The van der Waals surface area contributed by atoms with Crippen molar-refractivity contribution in [2.45, 2.75) is 39.7 Å². The molecular weight excluding hydrogens is 398 g/mol. The normalized spacial score (nSPS) is 12.2. The van der Waals surface area contributed by atoms with Crippen LogP contribution >= 0.6 is 11.3 Å². The second-order valence-electron chi connectivity index (χ2n) is 7.33. The lowest BCUT2D eigenvalue weighted by Gasteiger charge is -2.15. The second kappa shape index (κ2) is 8.23. The van der Waals surface area contributed by atoms with Crippen LogP contribution in [0, 0.1) is 13.8 Å². The van der Waals surface area contributed by atoms with Crippen molar-refractivity contribution in [3.05, 3.63) is 75.2 Å². The summed E-state index contributed by atoms with van der Waals surface area (Å²) in [6.07, 6.45) is 6.01. The molecule has 3 aromatic heterocycles. The highest BCUT2D eigenvalue weighted by Gasteiger charge is 2.14. The Bertz CT molecular complexity index is 1240. The molecule has 4 rings (SSSR count). The summed E-state index contributed by atoms with van der Waals surface area (Å²) >= 11 is 1.51. The maximum absolute atomic E-state index is 12.4. The molecule has 0 spiro atoms. The van der Waals surface area contributed by atoms with Gasteiger partial charge in [0.15, 0.2) is 0 Å². The van der Waals surface area contributed by atoms with Crippen LogP contribution in [0.3, 0.4) is 0 Å². The van der Waals surface area contributed by atoms with Gasteiger partial charge < -0.3 is 14.9 Å². The Morgan fingerprint density at radius 3 is 2.73 bits per heavy atom. The third-order valence-corrected chi connectivity index (χ3v) is 6.35. The van der Waals surface area contributed by atoms with Gasteiger partial charge in [-0.3, -0.25) is 9.59 Å². The number of carbonyl (C=O) groups is 1. The van der Waals surface area contributed by atoms with E-state index in [9.17, 15) is 9.59 Å². The van der Waals surface area contributed by atoms with Crippen LogP contribution in [0.2, 0.25) is 0 Å². The zero-order chi connectivity index (χ0) is 21.3. The standard InChI is InChI=1S/C22H23N5O2S/c1-13-15(3)30-22-20(13)21(29)25-18(26-22)8-9-19(28)24-14(2)16-4-6-17(7-5-16)27-11-10-23-12-27/h4-7,10-12,14H,8-9H2,1-3H3,(H,24,28)(H,25,26,29). The molecule has 0 radical (unpaired) electrons. The van der Waals surface area contributed by atoms with E-state index in [2.05, 4.69) is 20.3 Å². The molecule has 0 saturated carbocycles. The molecule has 0 aliphatic rings. The number of aryl methyl sites for hydroxylation is 3. The highest BCUT2D eigenvalue weighted by molar-refractivity contribution is 7.18. The largest absolute Gasteiger partial charge is 0.350 e. The van der Waals surface area contributed by atoms with Gasteiger partial charge in [0.05, 0.1) is 17.8 Å². The number of nitrogens with zero attached hydrogens (tertiary/aromatic N) is 3. The number of nitrogens with one attached hydrogen (secondary N) is 2. The van der Waals surface area contributed by atoms with Crippen molar-refractivity contribution < 1.29 is 4.79 Å². The first-order valence-electron chi connectivity index (χ1n) is 9.79. The summed E-state index contributed by atoms with van der Waals surface area (Å²) in [6, 6.07) is 7.86. The monoisotopic (exact) mass is 421 g/mol. The Morgan fingerprint density at radius 1 is 1.27 bits per heavy atom. The topological polar surface area (TPSA) is 92.7 Å². The summed E-state index contributed by atoms with van der Waals surface area (Å²) < 4.78 is 1.92. The van der Waals surface area contributed by atoms with Crippen LogP contribution in [0.1, 0.15) is 41.2 Å². The van der Waals surface area contributed by atoms with Gasteiger partial charge in [0.1, 0.15) is 10.7 Å². The number of hydrogen-bond acceptors (Lipinski definition) is 5. The molecule has 154 valence electrons. The Labute approximate surface area is 177 Å². The van der Waals surface area contributed by atoms with Gasteiger partial charge in [-0.1, -0.05) is 12.1 Å². The van der Waals surface area contributed by atoms with Gasteiger partial charge >= 0.3 is 0 Å². The molecule has 1 atom stereocenters. The minimum Gasteiger partial charge on any atom is -0.350 e. The van der Waals surface area contributed by atoms with E-state index in [1.54, 1.807) is 12.5 Å². The smallest absolute Gasteiger partial charge is 0.259 e. The summed E-state index contributed by atoms with van der Waals surface area (Å²) in [5, 5.41) is 3.66. The first-order valence-corrected chi connectivity index (χ1v) is 10.6. The maximum atomic E-state index is 12.4. The van der Waals surface area contributed by atoms with Gasteiger partial charge in [-0.05, 0) is 44.0 Å². The number of benzene rings is 1. The summed E-state index contributed by atoms with van der Waals surface area (Å²) in [4.78, 5) is 38.0. The Balaban J connectivity index is 1.37. The zero-order valence-electron chi connectivity index (χ0n) is 17.1. The molecule has 0 aliphatic carbocycles. The van der Waals surface area contributed by atoms with Gasteiger partial charge in [-0.2, -0.15) is 0 Å². The minimum absolute atomic E-state index is 0.0810. The van der Waals surface area contributed by atoms with E-state index in [-0.39, 0.29) is 23.9 Å². The zero-order valence-corrected chi connectivity index (χ0v) is 17.9. The Kier molecular flexibility index (Phi) is 5.50. The van der Waals surface area contributed by atoms with Gasteiger partial charge in [0, 0.05) is 35.8 Å². The van der Waals surface area contributed by atoms with Crippen LogP contribution < -0.4 is 10.9 Å². The molecule has 0 saturated heterocycles. The number of aromatic nitrogens is 4. The molecule has 1 unspecified atom stereocenters. The Morgan fingerprint density at radius 2 is 2.03 bits per heavy atom. The fourth-order valence-electron chi connectivity index (χ4n) is 3.39. The lowest BCUT2D eigenvalue weighted by molar-refractivity contribution is -0.121. The Hall–Kier alpha value is -3.26. The minimum atomic E-state index is -0.136. The molecule has 7 nitrogen and oxygen atoms in total.